The number of nitrogens with zero attached hydrogens (tertiary/aromatic N) is 4. The molecule has 3 heterocycles. The Morgan fingerprint density at radius 1 is 1.36 bits per heavy atom. The van der Waals surface area contributed by atoms with Gasteiger partial charge in [-0.2, -0.15) is 0 Å². The van der Waals surface area contributed by atoms with Gasteiger partial charge < -0.3 is 14.2 Å². The Labute approximate surface area is 135 Å². The van der Waals surface area contributed by atoms with Gasteiger partial charge in [0.15, 0.2) is 5.16 Å². The van der Waals surface area contributed by atoms with Gasteiger partial charge in [0.05, 0.1) is 0 Å². The Bertz CT molecular complexity index is 528. The Hall–Kier alpha value is -1.08. The van der Waals surface area contributed by atoms with Gasteiger partial charge in [0.1, 0.15) is 11.9 Å². The molecule has 22 heavy (non-hydrogen) atoms. The zero-order valence-corrected chi connectivity index (χ0v) is 14.1. The average Bonchev–Trinajstić information content (AvgIpc) is 3.18. The van der Waals surface area contributed by atoms with Gasteiger partial charge in [0.2, 0.25) is 0 Å². The molecule has 2 fully saturated rings. The maximum Gasteiger partial charge on any atom is 0.251 e. The number of likely N-dealkylation sites (tertiary alicyclic amines) is 1. The number of carbonyl (C=O) groups excluding carboxylic acids is 1. The van der Waals surface area contributed by atoms with Gasteiger partial charge in [0.25, 0.3) is 5.91 Å². The summed E-state index contributed by atoms with van der Waals surface area (Å²) in [6, 6.07) is 0. The molecule has 0 radical (unpaired) electrons. The Balaban J connectivity index is 1.68. The van der Waals surface area contributed by atoms with Crippen molar-refractivity contribution in [3.8, 4) is 0 Å². The monoisotopic (exact) mass is 324 g/mol. The van der Waals surface area contributed by atoms with E-state index in [1.807, 2.05) is 11.9 Å². The van der Waals surface area contributed by atoms with E-state index < -0.39 is 0 Å². The van der Waals surface area contributed by atoms with Gasteiger partial charge in [0, 0.05) is 32.7 Å². The standard InChI is InChI=1S/C15H24N4O2S/c1-3-22-15-17-16-13(18(15)2)11-6-4-8-19(10-11)14(20)12-7-5-9-21-12/h11-12H,3-10H2,1-2H3/t11-,12-/m1/s1. The molecular weight excluding hydrogens is 300 g/mol. The first-order valence-corrected chi connectivity index (χ1v) is 9.11. The molecule has 6 nitrogen and oxygen atoms in total. The smallest absolute Gasteiger partial charge is 0.251 e. The van der Waals surface area contributed by atoms with Gasteiger partial charge in [-0.15, -0.1) is 10.2 Å². The molecule has 3 rings (SSSR count). The van der Waals surface area contributed by atoms with Crippen LogP contribution in [0.5, 0.6) is 0 Å². The second-order valence-electron chi connectivity index (χ2n) is 5.96. The number of aromatic nitrogens is 3. The van der Waals surface area contributed by atoms with Crippen molar-refractivity contribution in [2.75, 3.05) is 25.4 Å². The highest BCUT2D eigenvalue weighted by atomic mass is 32.2. The number of ether oxygens (including phenoxy) is 1. The topological polar surface area (TPSA) is 60.3 Å². The van der Waals surface area contributed by atoms with Crippen LogP contribution in [0.15, 0.2) is 5.16 Å². The van der Waals surface area contributed by atoms with Crippen molar-refractivity contribution in [3.63, 3.8) is 0 Å². The highest BCUT2D eigenvalue weighted by Crippen LogP contribution is 2.29. The molecule has 122 valence electrons. The Morgan fingerprint density at radius 3 is 2.95 bits per heavy atom. The van der Waals surface area contributed by atoms with E-state index in [0.717, 1.165) is 55.5 Å². The maximum absolute atomic E-state index is 12.5. The largest absolute Gasteiger partial charge is 0.368 e. The van der Waals surface area contributed by atoms with Crippen LogP contribution >= 0.6 is 11.8 Å². The third-order valence-electron chi connectivity index (χ3n) is 4.45. The van der Waals surface area contributed by atoms with Crippen molar-refractivity contribution >= 4 is 17.7 Å². The molecule has 2 atom stereocenters. The predicted octanol–water partition coefficient (Wildman–Crippen LogP) is 1.81. The molecule has 0 saturated carbocycles. The van der Waals surface area contributed by atoms with Gasteiger partial charge in [-0.05, 0) is 31.4 Å². The Kier molecular flexibility index (Phi) is 5.03. The van der Waals surface area contributed by atoms with Crippen molar-refractivity contribution in [1.29, 1.82) is 0 Å². The van der Waals surface area contributed by atoms with E-state index in [9.17, 15) is 4.79 Å². The van der Waals surface area contributed by atoms with Crippen LogP contribution in [0.1, 0.15) is 44.3 Å². The lowest BCUT2D eigenvalue weighted by atomic mass is 9.96. The SMILES string of the molecule is CCSc1nnc([C@@H]2CCCN(C(=O)[C@H]3CCCO3)C2)n1C. The maximum atomic E-state index is 12.5. The number of hydrogen-bond acceptors (Lipinski definition) is 5. The normalized spacial score (nSPS) is 25.6. The molecule has 0 bridgehead atoms. The van der Waals surface area contributed by atoms with Crippen molar-refractivity contribution in [1.82, 2.24) is 19.7 Å². The van der Waals surface area contributed by atoms with Crippen LogP contribution in [-0.2, 0) is 16.6 Å². The average molecular weight is 324 g/mol. The number of amides is 1. The summed E-state index contributed by atoms with van der Waals surface area (Å²) in [6.07, 6.45) is 3.73. The molecule has 0 spiro atoms. The van der Waals surface area contributed by atoms with E-state index in [1.54, 1.807) is 11.8 Å². The zero-order valence-electron chi connectivity index (χ0n) is 13.3. The number of piperidine rings is 1. The highest BCUT2D eigenvalue weighted by molar-refractivity contribution is 7.99. The first-order chi connectivity index (χ1) is 10.7. The molecule has 2 saturated heterocycles. The lowest BCUT2D eigenvalue weighted by Gasteiger charge is -2.33. The summed E-state index contributed by atoms with van der Waals surface area (Å²) in [5, 5.41) is 9.61. The summed E-state index contributed by atoms with van der Waals surface area (Å²) < 4.78 is 7.62. The van der Waals surface area contributed by atoms with E-state index in [2.05, 4.69) is 21.7 Å². The molecule has 1 amide bonds. The van der Waals surface area contributed by atoms with Crippen LogP contribution in [0.25, 0.3) is 0 Å². The minimum absolute atomic E-state index is 0.160. The van der Waals surface area contributed by atoms with Crippen molar-refractivity contribution in [3.05, 3.63) is 5.82 Å². The van der Waals surface area contributed by atoms with Crippen molar-refractivity contribution in [2.24, 2.45) is 7.05 Å². The number of hydrogen-bond donors (Lipinski definition) is 0. The minimum Gasteiger partial charge on any atom is -0.368 e. The molecule has 1 aromatic heterocycles. The minimum atomic E-state index is -0.218. The fraction of sp³-hybridized carbons (Fsp3) is 0.800. The van der Waals surface area contributed by atoms with E-state index in [1.165, 1.54) is 0 Å². The van der Waals surface area contributed by atoms with E-state index in [-0.39, 0.29) is 17.9 Å². The first-order valence-electron chi connectivity index (χ1n) is 8.13. The van der Waals surface area contributed by atoms with Crippen LogP contribution in [0.3, 0.4) is 0 Å². The molecule has 0 N–H and O–H groups in total. The van der Waals surface area contributed by atoms with E-state index in [0.29, 0.717) is 6.61 Å². The molecule has 2 aliphatic heterocycles. The second-order valence-corrected chi connectivity index (χ2v) is 7.19. The quantitative estimate of drug-likeness (QED) is 0.791. The van der Waals surface area contributed by atoms with Crippen LogP contribution in [-0.4, -0.2) is 57.1 Å². The van der Waals surface area contributed by atoms with Gasteiger partial charge in [-0.3, -0.25) is 4.79 Å². The summed E-state index contributed by atoms with van der Waals surface area (Å²) in [5.74, 6) is 2.43. The zero-order chi connectivity index (χ0) is 15.5. The third-order valence-corrected chi connectivity index (χ3v) is 5.35. The summed E-state index contributed by atoms with van der Waals surface area (Å²) in [5.41, 5.74) is 0. The molecule has 2 aliphatic rings. The molecular formula is C15H24N4O2S. The lowest BCUT2D eigenvalue weighted by Crippen LogP contribution is -2.44. The molecule has 0 aromatic carbocycles. The summed E-state index contributed by atoms with van der Waals surface area (Å²) >= 11 is 1.70. The van der Waals surface area contributed by atoms with Crippen LogP contribution in [0, 0.1) is 0 Å². The second kappa shape index (κ2) is 7.00. The number of thioether (sulfide) groups is 1. The van der Waals surface area contributed by atoms with Crippen LogP contribution in [0.2, 0.25) is 0 Å². The molecule has 1 aromatic rings. The predicted molar refractivity (Wildman–Crippen MR) is 84.9 cm³/mol. The number of rotatable bonds is 4. The lowest BCUT2D eigenvalue weighted by molar-refractivity contribution is -0.142. The van der Waals surface area contributed by atoms with Crippen molar-refractivity contribution < 1.29 is 9.53 Å². The van der Waals surface area contributed by atoms with Crippen molar-refractivity contribution in [2.45, 2.75) is 49.8 Å². The van der Waals surface area contributed by atoms with E-state index >= 15 is 0 Å². The van der Waals surface area contributed by atoms with Gasteiger partial charge in [-0.1, -0.05) is 18.7 Å². The fourth-order valence-corrected chi connectivity index (χ4v) is 3.94. The first kappa shape index (κ1) is 15.8. The molecule has 0 unspecified atom stereocenters. The van der Waals surface area contributed by atoms with Crippen LogP contribution < -0.4 is 0 Å². The molecule has 7 heteroatoms. The van der Waals surface area contributed by atoms with E-state index in [4.69, 9.17) is 4.74 Å². The fourth-order valence-electron chi connectivity index (χ4n) is 3.30. The summed E-state index contributed by atoms with van der Waals surface area (Å²) in [4.78, 5) is 14.5. The van der Waals surface area contributed by atoms with Crippen LogP contribution in [0.4, 0.5) is 0 Å². The van der Waals surface area contributed by atoms with Gasteiger partial charge in [-0.25, -0.2) is 0 Å². The van der Waals surface area contributed by atoms with Gasteiger partial charge >= 0.3 is 0 Å². The highest BCUT2D eigenvalue weighted by Gasteiger charge is 2.33. The summed E-state index contributed by atoms with van der Waals surface area (Å²) in [6.45, 7) is 4.40. The third kappa shape index (κ3) is 3.15. The Morgan fingerprint density at radius 2 is 2.23 bits per heavy atom. The number of carbonyl (C=O) groups is 1. The molecule has 0 aliphatic carbocycles. The summed E-state index contributed by atoms with van der Waals surface area (Å²) in [7, 11) is 2.02.